The van der Waals surface area contributed by atoms with Crippen LogP contribution in [0.3, 0.4) is 0 Å². The molecule has 0 aromatic carbocycles. The second-order valence-corrected chi connectivity index (χ2v) is 7.25. The molecule has 0 unspecified atom stereocenters. The molecule has 2 aromatic heterocycles. The molecule has 4 rings (SSSR count). The number of nitrogens with one attached hydrogen (secondary N) is 1. The maximum Gasteiger partial charge on any atom is 0.254 e. The number of nitrogens with zero attached hydrogens (tertiary/aromatic N) is 5. The predicted octanol–water partition coefficient (Wildman–Crippen LogP) is 4.04. The molecule has 6 heteroatoms. The van der Waals surface area contributed by atoms with E-state index in [0.717, 1.165) is 23.7 Å². The molecule has 0 bridgehead atoms. The first-order valence-electron chi connectivity index (χ1n) is 9.16. The van der Waals surface area contributed by atoms with E-state index in [1.54, 1.807) is 6.20 Å². The highest BCUT2D eigenvalue weighted by Gasteiger charge is 2.25. The molecule has 2 aromatic rings. The zero-order valence-electron chi connectivity index (χ0n) is 14.8. The van der Waals surface area contributed by atoms with E-state index in [4.69, 9.17) is 0 Å². The fourth-order valence-electron chi connectivity index (χ4n) is 2.97. The summed E-state index contributed by atoms with van der Waals surface area (Å²) in [6.07, 6.45) is 8.04. The van der Waals surface area contributed by atoms with Crippen molar-refractivity contribution in [2.45, 2.75) is 52.0 Å². The monoisotopic (exact) mass is 336 g/mol. The summed E-state index contributed by atoms with van der Waals surface area (Å²) in [7, 11) is 0. The van der Waals surface area contributed by atoms with Crippen LogP contribution < -0.4 is 5.32 Å². The fraction of sp³-hybridized carbons (Fsp3) is 0.526. The molecule has 2 aliphatic rings. The molecule has 6 nitrogen and oxygen atoms in total. The molecule has 130 valence electrons. The van der Waals surface area contributed by atoms with Crippen molar-refractivity contribution in [2.24, 2.45) is 16.8 Å². The van der Waals surface area contributed by atoms with Crippen LogP contribution in [0.2, 0.25) is 0 Å². The summed E-state index contributed by atoms with van der Waals surface area (Å²) < 4.78 is 0. The van der Waals surface area contributed by atoms with Gasteiger partial charge in [0.1, 0.15) is 5.69 Å². The van der Waals surface area contributed by atoms with Gasteiger partial charge in [0.05, 0.1) is 0 Å². The van der Waals surface area contributed by atoms with E-state index < -0.39 is 0 Å². The number of anilines is 1. The third-order valence-electron chi connectivity index (χ3n) is 4.72. The molecule has 0 amide bonds. The van der Waals surface area contributed by atoms with Crippen molar-refractivity contribution in [1.82, 2.24) is 19.9 Å². The minimum absolute atomic E-state index is 0.341. The smallest absolute Gasteiger partial charge is 0.254 e. The fourth-order valence-corrected chi connectivity index (χ4v) is 2.97. The summed E-state index contributed by atoms with van der Waals surface area (Å²) >= 11 is 0. The lowest BCUT2D eigenvalue weighted by molar-refractivity contribution is 0.637. The van der Waals surface area contributed by atoms with Crippen molar-refractivity contribution in [2.75, 3.05) is 5.32 Å². The highest BCUT2D eigenvalue weighted by atomic mass is 15.2. The zero-order valence-corrected chi connectivity index (χ0v) is 14.8. The molecule has 1 atom stereocenters. The lowest BCUT2D eigenvalue weighted by Gasteiger charge is -2.14. The average molecular weight is 336 g/mol. The van der Waals surface area contributed by atoms with Crippen molar-refractivity contribution < 1.29 is 0 Å². The second kappa shape index (κ2) is 6.86. The molecule has 1 N–H and O–H groups in total. The van der Waals surface area contributed by atoms with Crippen molar-refractivity contribution in [3.8, 4) is 11.5 Å². The van der Waals surface area contributed by atoms with Gasteiger partial charge in [-0.25, -0.2) is 4.99 Å². The quantitative estimate of drug-likeness (QED) is 0.772. The highest BCUT2D eigenvalue weighted by Crippen LogP contribution is 2.34. The first kappa shape index (κ1) is 16.1. The number of hydrogen-bond donors (Lipinski definition) is 1. The minimum Gasteiger partial charge on any atom is -0.352 e. The van der Waals surface area contributed by atoms with E-state index in [1.807, 2.05) is 18.2 Å². The molecule has 0 saturated heterocycles. The van der Waals surface area contributed by atoms with Gasteiger partial charge in [0.15, 0.2) is 5.82 Å². The Labute approximate surface area is 148 Å². The molecule has 25 heavy (non-hydrogen) atoms. The van der Waals surface area contributed by atoms with Crippen LogP contribution in [0, 0.1) is 11.8 Å². The van der Waals surface area contributed by atoms with Crippen LogP contribution in [0.15, 0.2) is 29.4 Å². The van der Waals surface area contributed by atoms with Crippen LogP contribution in [0.5, 0.6) is 0 Å². The summed E-state index contributed by atoms with van der Waals surface area (Å²) in [6, 6.07) is 6.08. The van der Waals surface area contributed by atoms with Gasteiger partial charge in [-0.15, -0.1) is 0 Å². The molecule has 2 aliphatic carbocycles. The van der Waals surface area contributed by atoms with E-state index in [-0.39, 0.29) is 0 Å². The van der Waals surface area contributed by atoms with E-state index in [2.05, 4.69) is 44.1 Å². The van der Waals surface area contributed by atoms with Gasteiger partial charge in [0.25, 0.3) is 5.95 Å². The Bertz CT molecular complexity index is 765. The molecule has 2 heterocycles. The SMILES string of the molecule is C/C(=N\c1nc(N[C@H](C)CC2CC2)nc(-c2ccccn2)n1)C1CC1. The largest absolute Gasteiger partial charge is 0.352 e. The number of pyridine rings is 1. The Morgan fingerprint density at radius 3 is 2.72 bits per heavy atom. The third-order valence-corrected chi connectivity index (χ3v) is 4.72. The molecule has 0 radical (unpaired) electrons. The van der Waals surface area contributed by atoms with Gasteiger partial charge >= 0.3 is 0 Å². The van der Waals surface area contributed by atoms with Gasteiger partial charge < -0.3 is 5.32 Å². The Kier molecular flexibility index (Phi) is 4.42. The Morgan fingerprint density at radius 2 is 2.04 bits per heavy atom. The van der Waals surface area contributed by atoms with Crippen molar-refractivity contribution >= 4 is 17.6 Å². The maximum atomic E-state index is 4.64. The summed E-state index contributed by atoms with van der Waals surface area (Å²) in [4.78, 5) is 22.6. The molecule has 0 aliphatic heterocycles. The van der Waals surface area contributed by atoms with E-state index in [1.165, 1.54) is 25.7 Å². The van der Waals surface area contributed by atoms with Gasteiger partial charge in [-0.05, 0) is 57.1 Å². The topological polar surface area (TPSA) is 76.0 Å². The summed E-state index contributed by atoms with van der Waals surface area (Å²) in [6.45, 7) is 4.24. The summed E-state index contributed by atoms with van der Waals surface area (Å²) in [5.41, 5.74) is 1.85. The van der Waals surface area contributed by atoms with Gasteiger partial charge in [-0.3, -0.25) is 4.98 Å². The first-order chi connectivity index (χ1) is 12.2. The molecule has 0 spiro atoms. The highest BCUT2D eigenvalue weighted by molar-refractivity contribution is 5.88. The summed E-state index contributed by atoms with van der Waals surface area (Å²) in [5, 5.41) is 3.42. The van der Waals surface area contributed by atoms with Crippen LogP contribution in [-0.4, -0.2) is 31.7 Å². The number of aliphatic imine (C=N–C) groups is 1. The standard InChI is InChI=1S/C19H24N6/c1-12(11-14-6-7-14)21-18-23-17(16-5-3-4-10-20-16)24-19(25-18)22-13(2)15-8-9-15/h3-5,10,12,14-15H,6-9,11H2,1-2H3,(H,21,23,24,25)/b22-13+/t12-/m1/s1. The van der Waals surface area contributed by atoms with E-state index in [0.29, 0.717) is 29.7 Å². The van der Waals surface area contributed by atoms with E-state index >= 15 is 0 Å². The van der Waals surface area contributed by atoms with Crippen molar-refractivity contribution in [3.05, 3.63) is 24.4 Å². The van der Waals surface area contributed by atoms with Gasteiger partial charge in [-0.2, -0.15) is 15.0 Å². The summed E-state index contributed by atoms with van der Waals surface area (Å²) in [5.74, 6) is 3.08. The van der Waals surface area contributed by atoms with Crippen LogP contribution in [0.4, 0.5) is 11.9 Å². The number of hydrogen-bond acceptors (Lipinski definition) is 6. The van der Waals surface area contributed by atoms with Crippen molar-refractivity contribution in [1.29, 1.82) is 0 Å². The average Bonchev–Trinajstić information content (AvgIpc) is 3.49. The van der Waals surface area contributed by atoms with E-state index in [9.17, 15) is 0 Å². The first-order valence-corrected chi connectivity index (χ1v) is 9.16. The predicted molar refractivity (Wildman–Crippen MR) is 99.0 cm³/mol. The maximum absolute atomic E-state index is 4.64. The molecular formula is C19H24N6. The second-order valence-electron chi connectivity index (χ2n) is 7.25. The minimum atomic E-state index is 0.341. The number of aromatic nitrogens is 4. The normalized spacial score (nSPS) is 18.9. The van der Waals surface area contributed by atoms with Gasteiger partial charge in [0, 0.05) is 18.0 Å². The number of rotatable bonds is 7. The Hall–Kier alpha value is -2.37. The lowest BCUT2D eigenvalue weighted by atomic mass is 10.2. The third kappa shape index (κ3) is 4.38. The van der Waals surface area contributed by atoms with Gasteiger partial charge in [-0.1, -0.05) is 18.9 Å². The molecule has 2 saturated carbocycles. The molecular weight excluding hydrogens is 312 g/mol. The Balaban J connectivity index is 1.63. The lowest BCUT2D eigenvalue weighted by Crippen LogP contribution is -2.18. The van der Waals surface area contributed by atoms with Crippen LogP contribution in [0.25, 0.3) is 11.5 Å². The van der Waals surface area contributed by atoms with Crippen molar-refractivity contribution in [3.63, 3.8) is 0 Å². The molecule has 2 fully saturated rings. The van der Waals surface area contributed by atoms with Gasteiger partial charge in [0.2, 0.25) is 5.95 Å². The Morgan fingerprint density at radius 1 is 1.20 bits per heavy atom. The zero-order chi connectivity index (χ0) is 17.2. The van der Waals surface area contributed by atoms with Crippen LogP contribution in [0.1, 0.15) is 46.0 Å². The van der Waals surface area contributed by atoms with Crippen LogP contribution in [-0.2, 0) is 0 Å². The van der Waals surface area contributed by atoms with Crippen LogP contribution >= 0.6 is 0 Å².